The van der Waals surface area contributed by atoms with Crippen molar-refractivity contribution in [3.05, 3.63) is 0 Å². The fraction of sp³-hybridized carbons (Fsp3) is 0.952. The molecule has 0 aromatic carbocycles. The number of carbonyl (C=O) groups is 1. The highest BCUT2D eigenvalue weighted by Crippen LogP contribution is 2.24. The summed E-state index contributed by atoms with van der Waals surface area (Å²) in [5, 5.41) is 3.18. The smallest absolute Gasteiger partial charge is 0.223 e. The van der Waals surface area contributed by atoms with Crippen LogP contribution in [-0.2, 0) is 4.79 Å². The van der Waals surface area contributed by atoms with E-state index in [1.54, 1.807) is 0 Å². The van der Waals surface area contributed by atoms with Gasteiger partial charge >= 0.3 is 0 Å². The van der Waals surface area contributed by atoms with Crippen LogP contribution in [0.1, 0.15) is 67.6 Å². The number of carbonyl (C=O) groups excluding carboxylic acids is 1. The molecule has 1 N–H and O–H groups in total. The standard InChI is InChI=1S/C21H41N3O.H2/c1-17(2)19-7-13-23(14-8-19)12-6-5-11-22-21(25)20-9-15-24(16-10-20)18(3)4;/h17-20H,5-16H2,1-4H3,(H,22,25);1H. The molecule has 2 saturated heterocycles. The van der Waals surface area contributed by atoms with Crippen molar-refractivity contribution in [1.29, 1.82) is 0 Å². The summed E-state index contributed by atoms with van der Waals surface area (Å²) in [7, 11) is 0. The van der Waals surface area contributed by atoms with Crippen LogP contribution in [-0.4, -0.2) is 61.0 Å². The summed E-state index contributed by atoms with van der Waals surface area (Å²) < 4.78 is 0. The van der Waals surface area contributed by atoms with Crippen LogP contribution in [0, 0.1) is 17.8 Å². The lowest BCUT2D eigenvalue weighted by molar-refractivity contribution is -0.126. The normalized spacial score (nSPS) is 22.0. The molecule has 2 fully saturated rings. The molecule has 2 aliphatic rings. The zero-order valence-corrected chi connectivity index (χ0v) is 17.1. The Kier molecular flexibility index (Phi) is 8.71. The number of nitrogens with one attached hydrogen (secondary N) is 1. The van der Waals surface area contributed by atoms with E-state index in [-0.39, 0.29) is 7.34 Å². The average Bonchev–Trinajstić information content (AvgIpc) is 2.61. The highest BCUT2D eigenvalue weighted by molar-refractivity contribution is 5.78. The molecule has 0 spiro atoms. The van der Waals surface area contributed by atoms with Gasteiger partial charge in [-0.25, -0.2) is 0 Å². The molecule has 2 rings (SSSR count). The second-order valence-electron chi connectivity index (χ2n) is 8.83. The van der Waals surface area contributed by atoms with Crippen LogP contribution in [0.15, 0.2) is 0 Å². The van der Waals surface area contributed by atoms with E-state index in [4.69, 9.17) is 0 Å². The number of hydrogen-bond donors (Lipinski definition) is 1. The molecule has 0 aromatic heterocycles. The van der Waals surface area contributed by atoms with Gasteiger partial charge in [-0.05, 0) is 96.9 Å². The number of hydrogen-bond acceptors (Lipinski definition) is 3. The Morgan fingerprint density at radius 3 is 2.20 bits per heavy atom. The summed E-state index contributed by atoms with van der Waals surface area (Å²) in [5.74, 6) is 2.30. The van der Waals surface area contributed by atoms with Gasteiger partial charge in [-0.3, -0.25) is 4.79 Å². The zero-order valence-electron chi connectivity index (χ0n) is 17.1. The maximum Gasteiger partial charge on any atom is 0.223 e. The molecule has 0 saturated carbocycles. The van der Waals surface area contributed by atoms with Gasteiger partial charge in [0.2, 0.25) is 5.91 Å². The van der Waals surface area contributed by atoms with Gasteiger partial charge < -0.3 is 15.1 Å². The van der Waals surface area contributed by atoms with Crippen LogP contribution < -0.4 is 5.32 Å². The second-order valence-corrected chi connectivity index (χ2v) is 8.83. The summed E-state index contributed by atoms with van der Waals surface area (Å²) >= 11 is 0. The topological polar surface area (TPSA) is 35.6 Å². The monoisotopic (exact) mass is 353 g/mol. The Hall–Kier alpha value is -0.610. The Morgan fingerprint density at radius 2 is 1.64 bits per heavy atom. The molecule has 0 aliphatic carbocycles. The Bertz CT molecular complexity index is 387. The Morgan fingerprint density at radius 1 is 1.00 bits per heavy atom. The highest BCUT2D eigenvalue weighted by Gasteiger charge is 2.25. The first-order valence-electron chi connectivity index (χ1n) is 10.7. The summed E-state index contributed by atoms with van der Waals surface area (Å²) in [6, 6.07) is 0.606. The molecular formula is C21H43N3O. The molecule has 25 heavy (non-hydrogen) atoms. The van der Waals surface area contributed by atoms with E-state index in [0.717, 1.165) is 50.7 Å². The van der Waals surface area contributed by atoms with E-state index in [2.05, 4.69) is 42.8 Å². The first-order chi connectivity index (χ1) is 12.0. The van der Waals surface area contributed by atoms with Crippen molar-refractivity contribution < 1.29 is 6.22 Å². The number of rotatable bonds is 8. The average molecular weight is 354 g/mol. The van der Waals surface area contributed by atoms with E-state index in [1.165, 1.54) is 38.9 Å². The number of piperidine rings is 2. The van der Waals surface area contributed by atoms with Gasteiger partial charge in [0.15, 0.2) is 0 Å². The van der Waals surface area contributed by atoms with Crippen molar-refractivity contribution in [2.75, 3.05) is 39.3 Å². The predicted molar refractivity (Wildman–Crippen MR) is 108 cm³/mol. The largest absolute Gasteiger partial charge is 0.356 e. The minimum absolute atomic E-state index is 0. The molecule has 0 unspecified atom stereocenters. The molecular weight excluding hydrogens is 310 g/mol. The minimum Gasteiger partial charge on any atom is -0.356 e. The number of nitrogens with zero attached hydrogens (tertiary/aromatic N) is 2. The SMILES string of the molecule is CC(C)C1CCN(CCCCNC(=O)C2CCN(C(C)C)CC2)CC1.[HH]. The quantitative estimate of drug-likeness (QED) is 0.677. The van der Waals surface area contributed by atoms with Crippen LogP contribution in [0.25, 0.3) is 0 Å². The van der Waals surface area contributed by atoms with E-state index in [1.807, 2.05) is 0 Å². The van der Waals surface area contributed by atoms with Gasteiger partial charge in [0.1, 0.15) is 0 Å². The van der Waals surface area contributed by atoms with Crippen molar-refractivity contribution in [3.63, 3.8) is 0 Å². The summed E-state index contributed by atoms with van der Waals surface area (Å²) in [5.41, 5.74) is 0. The lowest BCUT2D eigenvalue weighted by atomic mass is 9.87. The first kappa shape index (κ1) is 20.7. The zero-order chi connectivity index (χ0) is 18.2. The molecule has 2 aliphatic heterocycles. The van der Waals surface area contributed by atoms with Crippen molar-refractivity contribution in [1.82, 2.24) is 15.1 Å². The summed E-state index contributed by atoms with van der Waals surface area (Å²) in [6.45, 7) is 15.9. The lowest BCUT2D eigenvalue weighted by Gasteiger charge is -2.34. The van der Waals surface area contributed by atoms with Gasteiger partial charge in [0.05, 0.1) is 0 Å². The molecule has 148 valence electrons. The number of unbranched alkanes of at least 4 members (excludes halogenated alkanes) is 1. The molecule has 4 heteroatoms. The fourth-order valence-electron chi connectivity index (χ4n) is 4.34. The third-order valence-corrected chi connectivity index (χ3v) is 6.41. The first-order valence-corrected chi connectivity index (χ1v) is 10.7. The molecule has 2 heterocycles. The van der Waals surface area contributed by atoms with Crippen molar-refractivity contribution in [2.24, 2.45) is 17.8 Å². The molecule has 0 bridgehead atoms. The van der Waals surface area contributed by atoms with E-state index >= 15 is 0 Å². The Balaban J connectivity index is 0.00000338. The van der Waals surface area contributed by atoms with E-state index < -0.39 is 0 Å². The van der Waals surface area contributed by atoms with Crippen molar-refractivity contribution in [3.8, 4) is 0 Å². The second kappa shape index (κ2) is 10.5. The molecule has 4 nitrogen and oxygen atoms in total. The summed E-state index contributed by atoms with van der Waals surface area (Å²) in [4.78, 5) is 17.4. The molecule has 0 aromatic rings. The minimum atomic E-state index is 0. The fourth-order valence-corrected chi connectivity index (χ4v) is 4.34. The van der Waals surface area contributed by atoms with Gasteiger partial charge in [0, 0.05) is 19.9 Å². The van der Waals surface area contributed by atoms with Gasteiger partial charge in [-0.15, -0.1) is 0 Å². The third kappa shape index (κ3) is 6.90. The van der Waals surface area contributed by atoms with Crippen LogP contribution in [0.3, 0.4) is 0 Å². The summed E-state index contributed by atoms with van der Waals surface area (Å²) in [6.07, 6.45) is 7.09. The van der Waals surface area contributed by atoms with Crippen molar-refractivity contribution >= 4 is 5.91 Å². The maximum absolute atomic E-state index is 12.3. The van der Waals surface area contributed by atoms with Crippen LogP contribution >= 0.6 is 0 Å². The maximum atomic E-state index is 12.3. The number of likely N-dealkylation sites (tertiary alicyclic amines) is 2. The Labute approximate surface area is 157 Å². The van der Waals surface area contributed by atoms with E-state index in [9.17, 15) is 4.79 Å². The van der Waals surface area contributed by atoms with Gasteiger partial charge in [0.25, 0.3) is 0 Å². The molecule has 0 atom stereocenters. The molecule has 0 radical (unpaired) electrons. The predicted octanol–water partition coefficient (Wildman–Crippen LogP) is 3.62. The van der Waals surface area contributed by atoms with Gasteiger partial charge in [-0.1, -0.05) is 13.8 Å². The lowest BCUT2D eigenvalue weighted by Crippen LogP contribution is -2.43. The number of amides is 1. The van der Waals surface area contributed by atoms with Crippen LogP contribution in [0.5, 0.6) is 0 Å². The van der Waals surface area contributed by atoms with Gasteiger partial charge in [-0.2, -0.15) is 0 Å². The van der Waals surface area contributed by atoms with Crippen LogP contribution in [0.4, 0.5) is 0 Å². The van der Waals surface area contributed by atoms with E-state index in [0.29, 0.717) is 11.9 Å². The van der Waals surface area contributed by atoms with Crippen molar-refractivity contribution in [2.45, 2.75) is 72.3 Å². The van der Waals surface area contributed by atoms with Crippen LogP contribution in [0.2, 0.25) is 0 Å². The highest BCUT2D eigenvalue weighted by atomic mass is 16.1. The third-order valence-electron chi connectivity index (χ3n) is 6.41. The molecule has 1 amide bonds.